The Labute approximate surface area is 146 Å². The van der Waals surface area contributed by atoms with Crippen LogP contribution < -0.4 is 0 Å². The molecule has 1 aromatic carbocycles. The normalized spacial score (nSPS) is 15.1. The van der Waals surface area contributed by atoms with Crippen LogP contribution in [0, 0.1) is 5.82 Å². The summed E-state index contributed by atoms with van der Waals surface area (Å²) in [7, 11) is 0. The van der Waals surface area contributed by atoms with E-state index in [-0.39, 0.29) is 24.1 Å². The van der Waals surface area contributed by atoms with Gasteiger partial charge in [0.25, 0.3) is 0 Å². The number of amides is 2. The minimum atomic E-state index is -0.304. The molecule has 3 rings (SSSR count). The molecule has 0 unspecified atom stereocenters. The van der Waals surface area contributed by atoms with Crippen LogP contribution in [0.5, 0.6) is 0 Å². The molecular weight excluding hydrogens is 321 g/mol. The van der Waals surface area contributed by atoms with Crippen molar-refractivity contribution in [2.45, 2.75) is 19.3 Å². The van der Waals surface area contributed by atoms with Crippen molar-refractivity contribution in [1.82, 2.24) is 14.8 Å². The summed E-state index contributed by atoms with van der Waals surface area (Å²) in [5, 5.41) is 0. The van der Waals surface area contributed by atoms with Crippen LogP contribution in [0.4, 0.5) is 4.39 Å². The summed E-state index contributed by atoms with van der Waals surface area (Å²) < 4.78 is 13.0. The number of benzene rings is 1. The van der Waals surface area contributed by atoms with Crippen molar-refractivity contribution in [3.05, 3.63) is 59.7 Å². The average molecular weight is 343 g/mol. The van der Waals surface area contributed by atoms with Crippen molar-refractivity contribution in [3.8, 4) is 0 Å². The van der Waals surface area contributed by atoms with E-state index >= 15 is 0 Å². The summed E-state index contributed by atoms with van der Waals surface area (Å²) in [6.07, 6.45) is 3.19. The quantitative estimate of drug-likeness (QED) is 0.923. The minimum absolute atomic E-state index is 0.0188. The number of H-pyrrole nitrogens is 1. The van der Waals surface area contributed by atoms with E-state index in [9.17, 15) is 14.0 Å². The van der Waals surface area contributed by atoms with Gasteiger partial charge in [0.15, 0.2) is 0 Å². The Hall–Kier alpha value is -2.63. The molecule has 1 fully saturated rings. The molecule has 2 aromatic rings. The average Bonchev–Trinajstić information content (AvgIpc) is 2.98. The first-order valence-electron chi connectivity index (χ1n) is 8.54. The smallest absolute Gasteiger partial charge is 0.228 e. The fourth-order valence-electron chi connectivity index (χ4n) is 3.06. The van der Waals surface area contributed by atoms with E-state index in [1.165, 1.54) is 12.1 Å². The molecule has 132 valence electrons. The van der Waals surface area contributed by atoms with Gasteiger partial charge in [0.05, 0.1) is 12.8 Å². The first kappa shape index (κ1) is 17.2. The lowest BCUT2D eigenvalue weighted by Crippen LogP contribution is -2.38. The number of hydrogen-bond donors (Lipinski definition) is 1. The van der Waals surface area contributed by atoms with Gasteiger partial charge in [-0.3, -0.25) is 9.59 Å². The van der Waals surface area contributed by atoms with Crippen LogP contribution in [0.2, 0.25) is 0 Å². The van der Waals surface area contributed by atoms with Crippen LogP contribution in [-0.2, 0) is 22.4 Å². The zero-order chi connectivity index (χ0) is 17.6. The zero-order valence-electron chi connectivity index (χ0n) is 14.1. The molecule has 0 spiro atoms. The number of nitrogens with zero attached hydrogens (tertiary/aromatic N) is 2. The van der Waals surface area contributed by atoms with Gasteiger partial charge >= 0.3 is 0 Å². The Bertz CT molecular complexity index is 713. The number of carbonyl (C=O) groups is 2. The minimum Gasteiger partial charge on any atom is -0.365 e. The number of nitrogens with one attached hydrogen (secondary N) is 1. The van der Waals surface area contributed by atoms with Crippen molar-refractivity contribution < 1.29 is 14.0 Å². The SMILES string of the molecule is O=C(Cc1ccc(F)cc1)N1CCCN(C(=O)Cc2ccc[nH]2)CC1. The van der Waals surface area contributed by atoms with Crippen molar-refractivity contribution >= 4 is 11.8 Å². The van der Waals surface area contributed by atoms with E-state index in [4.69, 9.17) is 0 Å². The summed E-state index contributed by atoms with van der Waals surface area (Å²) in [5.74, 6) is -0.206. The molecule has 1 aromatic heterocycles. The van der Waals surface area contributed by atoms with E-state index in [0.29, 0.717) is 32.6 Å². The van der Waals surface area contributed by atoms with Gasteiger partial charge in [0.1, 0.15) is 5.82 Å². The van der Waals surface area contributed by atoms with Gasteiger partial charge in [-0.25, -0.2) is 4.39 Å². The lowest BCUT2D eigenvalue weighted by Gasteiger charge is -2.22. The second-order valence-electron chi connectivity index (χ2n) is 6.29. The fourth-order valence-corrected chi connectivity index (χ4v) is 3.06. The van der Waals surface area contributed by atoms with E-state index in [1.807, 2.05) is 17.0 Å². The van der Waals surface area contributed by atoms with Gasteiger partial charge in [-0.05, 0) is 36.2 Å². The molecule has 2 amide bonds. The number of hydrogen-bond acceptors (Lipinski definition) is 2. The topological polar surface area (TPSA) is 56.4 Å². The third-order valence-electron chi connectivity index (χ3n) is 4.47. The molecule has 0 atom stereocenters. The molecular formula is C19H22FN3O2. The monoisotopic (exact) mass is 343 g/mol. The third kappa shape index (κ3) is 4.68. The molecule has 0 radical (unpaired) electrons. The van der Waals surface area contributed by atoms with Crippen molar-refractivity contribution in [2.75, 3.05) is 26.2 Å². The molecule has 0 saturated carbocycles. The highest BCUT2D eigenvalue weighted by Gasteiger charge is 2.22. The maximum atomic E-state index is 13.0. The van der Waals surface area contributed by atoms with Gasteiger partial charge in [0, 0.05) is 38.1 Å². The van der Waals surface area contributed by atoms with Gasteiger partial charge in [-0.15, -0.1) is 0 Å². The Kier molecular flexibility index (Phi) is 5.48. The lowest BCUT2D eigenvalue weighted by atomic mass is 10.1. The number of aromatic amines is 1. The highest BCUT2D eigenvalue weighted by molar-refractivity contribution is 5.80. The predicted octanol–water partition coefficient (Wildman–Crippen LogP) is 2.00. The van der Waals surface area contributed by atoms with Crippen LogP contribution in [-0.4, -0.2) is 52.8 Å². The van der Waals surface area contributed by atoms with Gasteiger partial charge in [-0.2, -0.15) is 0 Å². The largest absolute Gasteiger partial charge is 0.365 e. The summed E-state index contributed by atoms with van der Waals surface area (Å²) in [5.41, 5.74) is 1.70. The van der Waals surface area contributed by atoms with E-state index in [1.54, 1.807) is 23.2 Å². The summed E-state index contributed by atoms with van der Waals surface area (Å²) in [6.45, 7) is 2.40. The van der Waals surface area contributed by atoms with Gasteiger partial charge < -0.3 is 14.8 Å². The summed E-state index contributed by atoms with van der Waals surface area (Å²) >= 11 is 0. The van der Waals surface area contributed by atoms with Crippen LogP contribution in [0.25, 0.3) is 0 Å². The first-order valence-corrected chi connectivity index (χ1v) is 8.54. The third-order valence-corrected chi connectivity index (χ3v) is 4.47. The fraction of sp³-hybridized carbons (Fsp3) is 0.368. The molecule has 2 heterocycles. The highest BCUT2D eigenvalue weighted by Crippen LogP contribution is 2.10. The number of halogens is 1. The predicted molar refractivity (Wildman–Crippen MR) is 92.4 cm³/mol. The van der Waals surface area contributed by atoms with E-state index in [0.717, 1.165) is 17.7 Å². The van der Waals surface area contributed by atoms with Crippen molar-refractivity contribution in [1.29, 1.82) is 0 Å². The van der Waals surface area contributed by atoms with Crippen molar-refractivity contribution in [2.24, 2.45) is 0 Å². The number of aromatic nitrogens is 1. The van der Waals surface area contributed by atoms with Crippen LogP contribution in [0.15, 0.2) is 42.6 Å². The zero-order valence-corrected chi connectivity index (χ0v) is 14.1. The van der Waals surface area contributed by atoms with Gasteiger partial charge in [-0.1, -0.05) is 12.1 Å². The van der Waals surface area contributed by atoms with Gasteiger partial charge in [0.2, 0.25) is 11.8 Å². The Balaban J connectivity index is 1.53. The van der Waals surface area contributed by atoms with Crippen LogP contribution in [0.1, 0.15) is 17.7 Å². The number of rotatable bonds is 4. The Morgan fingerprint density at radius 2 is 1.56 bits per heavy atom. The highest BCUT2D eigenvalue weighted by atomic mass is 19.1. The first-order chi connectivity index (χ1) is 12.1. The molecule has 1 saturated heterocycles. The standard InChI is InChI=1S/C19H22FN3O2/c20-16-6-4-15(5-7-16)13-18(24)22-9-2-10-23(12-11-22)19(25)14-17-3-1-8-21-17/h1,3-8,21H,2,9-14H2. The summed E-state index contributed by atoms with van der Waals surface area (Å²) in [6, 6.07) is 9.78. The second kappa shape index (κ2) is 7.96. The number of carbonyl (C=O) groups excluding carboxylic acids is 2. The van der Waals surface area contributed by atoms with Crippen LogP contribution >= 0.6 is 0 Å². The molecule has 0 aliphatic carbocycles. The molecule has 5 nitrogen and oxygen atoms in total. The maximum absolute atomic E-state index is 13.0. The second-order valence-corrected chi connectivity index (χ2v) is 6.29. The van der Waals surface area contributed by atoms with Crippen molar-refractivity contribution in [3.63, 3.8) is 0 Å². The summed E-state index contributed by atoms with van der Waals surface area (Å²) in [4.78, 5) is 31.5. The Morgan fingerprint density at radius 3 is 2.16 bits per heavy atom. The Morgan fingerprint density at radius 1 is 0.920 bits per heavy atom. The molecule has 0 bridgehead atoms. The molecule has 6 heteroatoms. The molecule has 1 aliphatic rings. The lowest BCUT2D eigenvalue weighted by molar-refractivity contribution is -0.132. The van der Waals surface area contributed by atoms with Crippen LogP contribution in [0.3, 0.4) is 0 Å². The molecule has 1 N–H and O–H groups in total. The van der Waals surface area contributed by atoms with E-state index in [2.05, 4.69) is 4.98 Å². The van der Waals surface area contributed by atoms with E-state index < -0.39 is 0 Å². The molecule has 25 heavy (non-hydrogen) atoms. The molecule has 1 aliphatic heterocycles. The maximum Gasteiger partial charge on any atom is 0.228 e.